The van der Waals surface area contributed by atoms with Gasteiger partial charge in [0.25, 0.3) is 0 Å². The van der Waals surface area contributed by atoms with Gasteiger partial charge in [-0.25, -0.2) is 0 Å². The normalized spacial score (nSPS) is 12.5. The van der Waals surface area contributed by atoms with Crippen LogP contribution in [0.4, 0.5) is 0 Å². The third kappa shape index (κ3) is 13.8. The highest BCUT2D eigenvalue weighted by molar-refractivity contribution is 5.92. The predicted octanol–water partition coefficient (Wildman–Crippen LogP) is 7.62. The van der Waals surface area contributed by atoms with Crippen molar-refractivity contribution in [1.29, 1.82) is 0 Å². The maximum absolute atomic E-state index is 10.8. The second-order valence-corrected chi connectivity index (χ2v) is 14.3. The van der Waals surface area contributed by atoms with E-state index in [2.05, 4.69) is 30.9 Å². The number of aromatic hydroxyl groups is 6. The highest BCUT2D eigenvalue weighted by atomic mass is 16.7. The third-order valence-electron chi connectivity index (χ3n) is 9.79. The number of ether oxygens (including phenoxy) is 2. The lowest BCUT2D eigenvalue weighted by atomic mass is 9.98. The van der Waals surface area contributed by atoms with Gasteiger partial charge >= 0.3 is 0 Å². The van der Waals surface area contributed by atoms with E-state index in [9.17, 15) is 30.6 Å². The van der Waals surface area contributed by atoms with Crippen LogP contribution in [-0.4, -0.2) is 109 Å². The van der Waals surface area contributed by atoms with E-state index in [1.807, 2.05) is 36.4 Å². The first-order valence-corrected chi connectivity index (χ1v) is 21.1. The molecule has 0 aromatic heterocycles. The third-order valence-corrected chi connectivity index (χ3v) is 9.79. The maximum Gasteiger partial charge on any atom is 0.196 e. The molecule has 0 heterocycles. The van der Waals surface area contributed by atoms with Gasteiger partial charge in [-0.1, -0.05) is 104 Å². The lowest BCUT2D eigenvalue weighted by Gasteiger charge is -2.24. The van der Waals surface area contributed by atoms with E-state index in [0.717, 1.165) is 0 Å². The molecule has 20 heteroatoms. The van der Waals surface area contributed by atoms with E-state index < -0.39 is 35.2 Å². The van der Waals surface area contributed by atoms with Crippen molar-refractivity contribution >= 4 is 37.3 Å². The van der Waals surface area contributed by atoms with Crippen LogP contribution in [0.15, 0.2) is 152 Å². The molecular formula is C50H48N6O14. The van der Waals surface area contributed by atoms with Crippen molar-refractivity contribution in [2.45, 2.75) is 12.2 Å². The summed E-state index contributed by atoms with van der Waals surface area (Å²) < 4.78 is 10.1. The number of methoxy groups -OCH3 is 2. The van der Waals surface area contributed by atoms with Gasteiger partial charge in [0.1, 0.15) is 0 Å². The number of phenolic OH excluding ortho intramolecular Hbond substituents is 6. The summed E-state index contributed by atoms with van der Waals surface area (Å²) in [5.41, 5.74) is 2.61. The van der Waals surface area contributed by atoms with Crippen molar-refractivity contribution in [2.75, 3.05) is 40.6 Å². The lowest BCUT2D eigenvalue weighted by Crippen LogP contribution is -2.15. The first kappa shape index (κ1) is 50.0. The number of hydrogen-bond donors (Lipinski definition) is 6. The van der Waals surface area contributed by atoms with Crippen LogP contribution in [0.3, 0.4) is 0 Å². The summed E-state index contributed by atoms with van der Waals surface area (Å²) >= 11 is 0. The number of benzene rings is 6. The molecule has 6 aromatic rings. The Bertz CT molecular complexity index is 2620. The number of phenols is 6. The van der Waals surface area contributed by atoms with Gasteiger partial charge in [-0.3, -0.25) is 0 Å². The first-order chi connectivity index (χ1) is 34.2. The van der Waals surface area contributed by atoms with Crippen molar-refractivity contribution in [2.24, 2.45) is 30.9 Å². The zero-order chi connectivity index (χ0) is 49.5. The van der Waals surface area contributed by atoms with E-state index in [0.29, 0.717) is 33.8 Å². The average molecular weight is 957 g/mol. The van der Waals surface area contributed by atoms with Gasteiger partial charge in [-0.05, 0) is 59.7 Å². The molecule has 0 saturated carbocycles. The molecule has 0 bridgehead atoms. The molecule has 70 heavy (non-hydrogen) atoms. The molecule has 0 fully saturated rings. The van der Waals surface area contributed by atoms with E-state index in [1.54, 1.807) is 60.7 Å². The summed E-state index contributed by atoms with van der Waals surface area (Å²) in [7, 11) is 2.88. The Morgan fingerprint density at radius 2 is 0.629 bits per heavy atom. The minimum absolute atomic E-state index is 0.00156. The Kier molecular flexibility index (Phi) is 18.6. The zero-order valence-electron chi connectivity index (χ0n) is 37.6. The van der Waals surface area contributed by atoms with Crippen LogP contribution in [-0.2, 0) is 29.0 Å². The quantitative estimate of drug-likeness (QED) is 0.0139. The van der Waals surface area contributed by atoms with Crippen molar-refractivity contribution in [3.05, 3.63) is 166 Å². The van der Waals surface area contributed by atoms with Crippen molar-refractivity contribution in [3.8, 4) is 46.0 Å². The molecule has 0 aliphatic heterocycles. The number of hydrogen-bond acceptors (Lipinski definition) is 20. The van der Waals surface area contributed by atoms with E-state index in [4.69, 9.17) is 38.5 Å². The van der Waals surface area contributed by atoms with E-state index in [-0.39, 0.29) is 60.2 Å². The van der Waals surface area contributed by atoms with Gasteiger partial charge in [0.05, 0.1) is 51.5 Å². The summed E-state index contributed by atoms with van der Waals surface area (Å²) in [6.07, 6.45) is 5.62. The molecule has 0 spiro atoms. The Labute approximate surface area is 401 Å². The van der Waals surface area contributed by atoms with Crippen molar-refractivity contribution in [3.63, 3.8) is 0 Å². The fourth-order valence-electron chi connectivity index (χ4n) is 6.16. The summed E-state index contributed by atoms with van der Waals surface area (Å²) in [6, 6.07) is 33.9. The molecule has 0 aliphatic carbocycles. The maximum atomic E-state index is 10.8. The Hall–Kier alpha value is -9.46. The molecule has 0 aliphatic rings. The molecule has 0 saturated heterocycles. The fourth-order valence-corrected chi connectivity index (χ4v) is 6.16. The van der Waals surface area contributed by atoms with Crippen LogP contribution in [0.25, 0.3) is 0 Å². The van der Waals surface area contributed by atoms with Crippen LogP contribution in [0.5, 0.6) is 46.0 Å². The molecule has 0 amide bonds. The molecule has 362 valence electrons. The van der Waals surface area contributed by atoms with Crippen LogP contribution in [0, 0.1) is 0 Å². The number of oxime groups is 6. The van der Waals surface area contributed by atoms with Crippen LogP contribution in [0.1, 0.15) is 56.7 Å². The Balaban J connectivity index is 1.05. The SMILES string of the molecule is COc1cccc(/C=N/OCCO/N=C/c2ccc(/C=N/O[C@H](c3ccccc3)[C@H](O/N=C/c3ccc(/C=N/OCCO/N=C/c4cccc(OC)c4O)c(O)c3O)c3ccccc3)c(O)c2O)c1O. The van der Waals surface area contributed by atoms with E-state index >= 15 is 0 Å². The highest BCUT2D eigenvalue weighted by Gasteiger charge is 2.29. The van der Waals surface area contributed by atoms with Gasteiger partial charge in [-0.2, -0.15) is 0 Å². The number of rotatable bonds is 25. The van der Waals surface area contributed by atoms with Gasteiger partial charge in [0, 0.05) is 33.4 Å². The van der Waals surface area contributed by atoms with Crippen LogP contribution >= 0.6 is 0 Å². The van der Waals surface area contributed by atoms with E-state index in [1.165, 1.54) is 75.8 Å². The van der Waals surface area contributed by atoms with Crippen molar-refractivity contribution < 1.29 is 69.1 Å². The summed E-state index contributed by atoms with van der Waals surface area (Å²) in [5.74, 6) is -1.54. The summed E-state index contributed by atoms with van der Waals surface area (Å²) in [5, 5.41) is 86.9. The van der Waals surface area contributed by atoms with Gasteiger partial charge < -0.3 is 69.1 Å². The molecule has 6 aromatic carbocycles. The lowest BCUT2D eigenvalue weighted by molar-refractivity contribution is -0.0756. The first-order valence-electron chi connectivity index (χ1n) is 21.1. The minimum atomic E-state index is -0.931. The number of nitrogens with zero attached hydrogens (tertiary/aromatic N) is 6. The minimum Gasteiger partial charge on any atom is -0.504 e. The van der Waals surface area contributed by atoms with Crippen LogP contribution < -0.4 is 9.47 Å². The molecule has 2 atom stereocenters. The summed E-state index contributed by atoms with van der Waals surface area (Å²) in [4.78, 5) is 32.7. The monoisotopic (exact) mass is 956 g/mol. The average Bonchev–Trinajstić information content (AvgIpc) is 3.38. The molecule has 0 radical (unpaired) electrons. The smallest absolute Gasteiger partial charge is 0.196 e. The molecule has 20 nitrogen and oxygen atoms in total. The van der Waals surface area contributed by atoms with Crippen LogP contribution in [0.2, 0.25) is 0 Å². The predicted molar refractivity (Wildman–Crippen MR) is 259 cm³/mol. The Morgan fingerprint density at radius 1 is 0.343 bits per heavy atom. The second kappa shape index (κ2) is 26.0. The molecular weight excluding hydrogens is 909 g/mol. The Morgan fingerprint density at radius 3 is 0.929 bits per heavy atom. The highest BCUT2D eigenvalue weighted by Crippen LogP contribution is 2.37. The topological polar surface area (TPSA) is 269 Å². The summed E-state index contributed by atoms with van der Waals surface area (Å²) in [6.45, 7) is 0.0370. The van der Waals surface area contributed by atoms with Gasteiger partial charge in [-0.15, -0.1) is 0 Å². The molecule has 0 unspecified atom stereocenters. The van der Waals surface area contributed by atoms with Gasteiger partial charge in [0.15, 0.2) is 84.6 Å². The molecule has 6 rings (SSSR count). The largest absolute Gasteiger partial charge is 0.504 e. The zero-order valence-corrected chi connectivity index (χ0v) is 37.6. The second-order valence-electron chi connectivity index (χ2n) is 14.3. The molecule has 6 N–H and O–H groups in total. The van der Waals surface area contributed by atoms with Crippen molar-refractivity contribution in [1.82, 2.24) is 0 Å². The standard InChI is InChI=1S/C50H48N6O14/c1-63-41-17-9-15-35(43(41)57)27-51-65-23-25-67-53-29-37-19-21-39(47(61)45(37)59)31-55-69-49(33-11-5-3-6-12-33)50(34-13-7-4-8-14-34)70-56-32-40-22-20-38(46(60)48(40)62)30-54-68-26-24-66-52-28-36-16-10-18-42(64-2)44(36)58/h3-22,27-32,49-50,57-62H,23-26H2,1-2H3/b51-27+,52-28+,53-29+,54-30+,55-31+,56-32+/t49-,50-/m1/s1. The fraction of sp³-hybridized carbons (Fsp3) is 0.160. The number of para-hydroxylation sites is 2. The van der Waals surface area contributed by atoms with Gasteiger partial charge in [0.2, 0.25) is 0 Å².